The third-order valence-corrected chi connectivity index (χ3v) is 4.62. The van der Waals surface area contributed by atoms with E-state index >= 15 is 0 Å². The van der Waals surface area contributed by atoms with Crippen LogP contribution in [0.5, 0.6) is 5.75 Å². The van der Waals surface area contributed by atoms with Crippen LogP contribution in [0.15, 0.2) is 24.3 Å². The molecule has 2 aliphatic rings. The fraction of sp³-hybridized carbons (Fsp3) is 0.500. The second-order valence-corrected chi connectivity index (χ2v) is 5.60. The number of rotatable bonds is 2. The van der Waals surface area contributed by atoms with Gasteiger partial charge in [0.2, 0.25) is 0 Å². The van der Waals surface area contributed by atoms with Crippen molar-refractivity contribution < 1.29 is 14.3 Å². The van der Waals surface area contributed by atoms with Crippen LogP contribution < -0.4 is 4.74 Å². The van der Waals surface area contributed by atoms with Crippen LogP contribution in [0.3, 0.4) is 0 Å². The standard InChI is InChI=1S/C16H18O3/c1-19-12-5-2-10(3-6-12)14-9-16(18)15-8-11(17)4-7-13(14)15/h2-3,5-6,13-15H,4,7-9H2,1H3/t13-,14+,15-/m0/s1. The van der Waals surface area contributed by atoms with Gasteiger partial charge in [0.05, 0.1) is 7.11 Å². The van der Waals surface area contributed by atoms with Crippen molar-refractivity contribution in [3.8, 4) is 5.75 Å². The molecule has 3 nitrogen and oxygen atoms in total. The average Bonchev–Trinajstić information content (AvgIpc) is 2.76. The lowest BCUT2D eigenvalue weighted by Crippen LogP contribution is -2.26. The molecule has 0 bridgehead atoms. The molecule has 3 atom stereocenters. The Balaban J connectivity index is 1.84. The summed E-state index contributed by atoms with van der Waals surface area (Å²) in [5, 5.41) is 0. The van der Waals surface area contributed by atoms with Gasteiger partial charge in [0.15, 0.2) is 0 Å². The van der Waals surface area contributed by atoms with Crippen LogP contribution in [-0.2, 0) is 9.59 Å². The number of methoxy groups -OCH3 is 1. The van der Waals surface area contributed by atoms with E-state index in [9.17, 15) is 9.59 Å². The molecule has 3 heteroatoms. The van der Waals surface area contributed by atoms with E-state index in [0.717, 1.165) is 12.2 Å². The SMILES string of the molecule is COc1ccc([C@H]2CC(=O)[C@H]3CC(=O)CC[C@H]32)cc1. The van der Waals surface area contributed by atoms with E-state index in [4.69, 9.17) is 4.74 Å². The molecule has 0 radical (unpaired) electrons. The first-order valence-electron chi connectivity index (χ1n) is 6.87. The Labute approximate surface area is 113 Å². The number of carbonyl (C=O) groups excluding carboxylic acids is 2. The van der Waals surface area contributed by atoms with Gasteiger partial charge in [-0.3, -0.25) is 9.59 Å². The minimum Gasteiger partial charge on any atom is -0.497 e. The number of ether oxygens (including phenoxy) is 1. The van der Waals surface area contributed by atoms with Gasteiger partial charge in [0.25, 0.3) is 0 Å². The molecule has 19 heavy (non-hydrogen) atoms. The highest BCUT2D eigenvalue weighted by Crippen LogP contribution is 2.47. The average molecular weight is 258 g/mol. The summed E-state index contributed by atoms with van der Waals surface area (Å²) in [7, 11) is 1.65. The van der Waals surface area contributed by atoms with E-state index < -0.39 is 0 Å². The number of ketones is 2. The summed E-state index contributed by atoms with van der Waals surface area (Å²) < 4.78 is 5.16. The molecule has 0 amide bonds. The summed E-state index contributed by atoms with van der Waals surface area (Å²) in [5.41, 5.74) is 1.20. The lowest BCUT2D eigenvalue weighted by molar-refractivity contribution is -0.129. The van der Waals surface area contributed by atoms with Crippen molar-refractivity contribution in [2.24, 2.45) is 11.8 Å². The molecule has 0 N–H and O–H groups in total. The van der Waals surface area contributed by atoms with Gasteiger partial charge < -0.3 is 4.74 Å². The Morgan fingerprint density at radius 3 is 2.47 bits per heavy atom. The first kappa shape index (κ1) is 12.4. The van der Waals surface area contributed by atoms with E-state index in [1.807, 2.05) is 12.1 Å². The molecular formula is C16H18O3. The zero-order chi connectivity index (χ0) is 13.4. The Morgan fingerprint density at radius 1 is 1.05 bits per heavy atom. The van der Waals surface area contributed by atoms with Crippen LogP contribution in [0.25, 0.3) is 0 Å². The van der Waals surface area contributed by atoms with Crippen molar-refractivity contribution >= 4 is 11.6 Å². The van der Waals surface area contributed by atoms with Crippen LogP contribution in [0, 0.1) is 11.8 Å². The molecule has 2 aliphatic carbocycles. The highest BCUT2D eigenvalue weighted by atomic mass is 16.5. The van der Waals surface area contributed by atoms with Crippen molar-refractivity contribution in [1.82, 2.24) is 0 Å². The van der Waals surface area contributed by atoms with E-state index in [-0.39, 0.29) is 23.4 Å². The van der Waals surface area contributed by atoms with Crippen LogP contribution in [-0.4, -0.2) is 18.7 Å². The molecule has 1 aromatic carbocycles. The molecule has 0 saturated heterocycles. The van der Waals surface area contributed by atoms with Gasteiger partial charge in [0, 0.05) is 25.2 Å². The molecule has 0 spiro atoms. The molecule has 2 fully saturated rings. The Kier molecular flexibility index (Phi) is 3.13. The minimum absolute atomic E-state index is 0.0200. The molecule has 3 rings (SSSR count). The first-order chi connectivity index (χ1) is 9.19. The molecule has 0 aromatic heterocycles. The van der Waals surface area contributed by atoms with Crippen molar-refractivity contribution in [2.75, 3.05) is 7.11 Å². The van der Waals surface area contributed by atoms with Crippen LogP contribution in [0.1, 0.15) is 37.2 Å². The van der Waals surface area contributed by atoms with Gasteiger partial charge in [-0.25, -0.2) is 0 Å². The third-order valence-electron chi connectivity index (χ3n) is 4.62. The van der Waals surface area contributed by atoms with E-state index in [0.29, 0.717) is 25.2 Å². The summed E-state index contributed by atoms with van der Waals surface area (Å²) in [6, 6.07) is 7.99. The maximum Gasteiger partial charge on any atom is 0.137 e. The largest absolute Gasteiger partial charge is 0.497 e. The first-order valence-corrected chi connectivity index (χ1v) is 6.87. The van der Waals surface area contributed by atoms with Gasteiger partial charge in [-0.2, -0.15) is 0 Å². The fourth-order valence-corrected chi connectivity index (χ4v) is 3.60. The van der Waals surface area contributed by atoms with Gasteiger partial charge in [0.1, 0.15) is 17.3 Å². The predicted octanol–water partition coefficient (Wildman–Crippen LogP) is 2.74. The molecule has 0 unspecified atom stereocenters. The number of Topliss-reactive ketones (excluding diaryl/α,β-unsaturated/α-hetero) is 2. The van der Waals surface area contributed by atoms with Crippen LogP contribution in [0.2, 0.25) is 0 Å². The van der Waals surface area contributed by atoms with Gasteiger partial charge in [-0.15, -0.1) is 0 Å². The van der Waals surface area contributed by atoms with Crippen LogP contribution >= 0.6 is 0 Å². The Hall–Kier alpha value is -1.64. The Bertz CT molecular complexity index is 503. The van der Waals surface area contributed by atoms with Crippen LogP contribution in [0.4, 0.5) is 0 Å². The maximum atomic E-state index is 12.1. The number of benzene rings is 1. The van der Waals surface area contributed by atoms with E-state index in [2.05, 4.69) is 12.1 Å². The van der Waals surface area contributed by atoms with Gasteiger partial charge in [-0.1, -0.05) is 12.1 Å². The zero-order valence-electron chi connectivity index (χ0n) is 11.1. The smallest absolute Gasteiger partial charge is 0.137 e. The summed E-state index contributed by atoms with van der Waals surface area (Å²) in [4.78, 5) is 23.6. The van der Waals surface area contributed by atoms with Gasteiger partial charge >= 0.3 is 0 Å². The number of hydrogen-bond acceptors (Lipinski definition) is 3. The highest BCUT2D eigenvalue weighted by Gasteiger charge is 2.45. The second-order valence-electron chi connectivity index (χ2n) is 5.60. The number of hydrogen-bond donors (Lipinski definition) is 0. The summed E-state index contributed by atoms with van der Waals surface area (Å²) in [6.07, 6.45) is 2.57. The molecular weight excluding hydrogens is 240 g/mol. The van der Waals surface area contributed by atoms with Crippen molar-refractivity contribution in [2.45, 2.75) is 31.6 Å². The maximum absolute atomic E-state index is 12.1. The minimum atomic E-state index is -0.0200. The zero-order valence-corrected chi connectivity index (χ0v) is 11.1. The summed E-state index contributed by atoms with van der Waals surface area (Å²) in [6.45, 7) is 0. The lowest BCUT2D eigenvalue weighted by Gasteiger charge is -2.27. The van der Waals surface area contributed by atoms with Gasteiger partial charge in [-0.05, 0) is 36.0 Å². The molecule has 0 aliphatic heterocycles. The number of fused-ring (bicyclic) bond motifs is 1. The molecule has 2 saturated carbocycles. The van der Waals surface area contributed by atoms with E-state index in [1.54, 1.807) is 7.11 Å². The molecule has 0 heterocycles. The molecule has 100 valence electrons. The number of carbonyl (C=O) groups is 2. The second kappa shape index (κ2) is 4.80. The third kappa shape index (κ3) is 2.18. The quantitative estimate of drug-likeness (QED) is 0.819. The predicted molar refractivity (Wildman–Crippen MR) is 71.2 cm³/mol. The highest BCUT2D eigenvalue weighted by molar-refractivity contribution is 5.91. The normalized spacial score (nSPS) is 30.3. The fourth-order valence-electron chi connectivity index (χ4n) is 3.60. The van der Waals surface area contributed by atoms with Crippen molar-refractivity contribution in [3.05, 3.63) is 29.8 Å². The van der Waals surface area contributed by atoms with Crippen molar-refractivity contribution in [1.29, 1.82) is 0 Å². The molecule has 1 aromatic rings. The van der Waals surface area contributed by atoms with E-state index in [1.165, 1.54) is 5.56 Å². The Morgan fingerprint density at radius 2 is 1.79 bits per heavy atom. The monoisotopic (exact) mass is 258 g/mol. The summed E-state index contributed by atoms with van der Waals surface area (Å²) in [5.74, 6) is 2.00. The van der Waals surface area contributed by atoms with Crippen molar-refractivity contribution in [3.63, 3.8) is 0 Å². The topological polar surface area (TPSA) is 43.4 Å². The summed E-state index contributed by atoms with van der Waals surface area (Å²) >= 11 is 0. The lowest BCUT2D eigenvalue weighted by atomic mass is 9.75.